The van der Waals surface area contributed by atoms with Crippen LogP contribution in [0.4, 0.5) is 10.6 Å². The SMILES string of the molecule is CCN(CC1CCN(c2ccccn2)CC1)C(=O)NCCC(=O)O. The molecule has 0 aliphatic carbocycles. The largest absolute Gasteiger partial charge is 0.481 e. The van der Waals surface area contributed by atoms with Crippen LogP contribution in [-0.2, 0) is 4.79 Å². The number of nitrogens with zero attached hydrogens (tertiary/aromatic N) is 3. The molecule has 2 rings (SSSR count). The van der Waals surface area contributed by atoms with Gasteiger partial charge in [0.25, 0.3) is 0 Å². The molecule has 0 unspecified atom stereocenters. The van der Waals surface area contributed by atoms with Gasteiger partial charge >= 0.3 is 12.0 Å². The Bertz CT molecular complexity index is 530. The van der Waals surface area contributed by atoms with Crippen LogP contribution in [0.2, 0.25) is 0 Å². The van der Waals surface area contributed by atoms with E-state index in [4.69, 9.17) is 5.11 Å². The molecule has 2 heterocycles. The van der Waals surface area contributed by atoms with Crippen molar-refractivity contribution in [2.24, 2.45) is 5.92 Å². The van der Waals surface area contributed by atoms with Crippen molar-refractivity contribution in [3.05, 3.63) is 24.4 Å². The Kier molecular flexibility index (Phi) is 6.84. The molecule has 0 radical (unpaired) electrons. The first kappa shape index (κ1) is 18.0. The maximum atomic E-state index is 12.1. The van der Waals surface area contributed by atoms with E-state index in [0.717, 1.165) is 31.7 Å². The number of hydrogen-bond donors (Lipinski definition) is 2. The number of nitrogens with one attached hydrogen (secondary N) is 1. The smallest absolute Gasteiger partial charge is 0.317 e. The number of carboxylic acids is 1. The quantitative estimate of drug-likeness (QED) is 0.794. The second-order valence-electron chi connectivity index (χ2n) is 6.03. The number of rotatable bonds is 7. The van der Waals surface area contributed by atoms with E-state index < -0.39 is 5.97 Å². The molecule has 0 bridgehead atoms. The van der Waals surface area contributed by atoms with E-state index in [-0.39, 0.29) is 19.0 Å². The summed E-state index contributed by atoms with van der Waals surface area (Å²) in [6.45, 7) is 5.34. The van der Waals surface area contributed by atoms with E-state index in [9.17, 15) is 9.59 Å². The van der Waals surface area contributed by atoms with Crippen molar-refractivity contribution in [3.63, 3.8) is 0 Å². The fraction of sp³-hybridized carbons (Fsp3) is 0.588. The summed E-state index contributed by atoms with van der Waals surface area (Å²) in [7, 11) is 0. The normalized spacial score (nSPS) is 15.1. The van der Waals surface area contributed by atoms with Gasteiger partial charge in [0, 0.05) is 38.9 Å². The van der Waals surface area contributed by atoms with Gasteiger partial charge in [0.05, 0.1) is 6.42 Å². The average molecular weight is 334 g/mol. The molecule has 0 spiro atoms. The third kappa shape index (κ3) is 5.40. The number of carboxylic acid groups (broad SMARTS) is 1. The van der Waals surface area contributed by atoms with Gasteiger partial charge in [-0.05, 0) is 37.8 Å². The Labute approximate surface area is 142 Å². The van der Waals surface area contributed by atoms with Crippen LogP contribution in [0.5, 0.6) is 0 Å². The van der Waals surface area contributed by atoms with Gasteiger partial charge < -0.3 is 20.2 Å². The number of aliphatic carboxylic acids is 1. The summed E-state index contributed by atoms with van der Waals surface area (Å²) >= 11 is 0. The van der Waals surface area contributed by atoms with Gasteiger partial charge in [-0.2, -0.15) is 0 Å². The minimum Gasteiger partial charge on any atom is -0.481 e. The first-order valence-electron chi connectivity index (χ1n) is 8.50. The highest BCUT2D eigenvalue weighted by molar-refractivity contribution is 5.75. The molecule has 1 fully saturated rings. The molecule has 7 heteroatoms. The number of carbonyl (C=O) groups is 2. The molecule has 132 valence electrons. The Balaban J connectivity index is 1.76. The maximum absolute atomic E-state index is 12.1. The van der Waals surface area contributed by atoms with E-state index in [2.05, 4.69) is 15.2 Å². The molecule has 0 saturated carbocycles. The Morgan fingerprint density at radius 3 is 2.71 bits per heavy atom. The zero-order valence-corrected chi connectivity index (χ0v) is 14.1. The number of anilines is 1. The number of aromatic nitrogens is 1. The molecule has 2 amide bonds. The highest BCUT2D eigenvalue weighted by Crippen LogP contribution is 2.22. The van der Waals surface area contributed by atoms with Crippen LogP contribution in [0.25, 0.3) is 0 Å². The zero-order chi connectivity index (χ0) is 17.4. The summed E-state index contributed by atoms with van der Waals surface area (Å²) in [5, 5.41) is 11.3. The number of piperidine rings is 1. The van der Waals surface area contributed by atoms with Crippen molar-refractivity contribution in [1.29, 1.82) is 0 Å². The van der Waals surface area contributed by atoms with Crippen LogP contribution in [0.1, 0.15) is 26.2 Å². The number of pyridine rings is 1. The molecule has 0 aromatic carbocycles. The zero-order valence-electron chi connectivity index (χ0n) is 14.1. The molecular formula is C17H26N4O3. The standard InChI is InChI=1S/C17H26N4O3/c1-2-20(17(24)19-10-6-16(22)23)13-14-7-11-21(12-8-14)15-5-3-4-9-18-15/h3-5,9,14H,2,6-8,10-13H2,1H3,(H,19,24)(H,22,23). The summed E-state index contributed by atoms with van der Waals surface area (Å²) < 4.78 is 0. The van der Waals surface area contributed by atoms with Gasteiger partial charge in [0.2, 0.25) is 0 Å². The van der Waals surface area contributed by atoms with Crippen molar-refractivity contribution < 1.29 is 14.7 Å². The summed E-state index contributed by atoms with van der Waals surface area (Å²) in [5.74, 6) is 0.574. The number of amides is 2. The van der Waals surface area contributed by atoms with E-state index in [0.29, 0.717) is 19.0 Å². The lowest BCUT2D eigenvalue weighted by Gasteiger charge is -2.35. The molecular weight excluding hydrogens is 308 g/mol. The minimum absolute atomic E-state index is 0.0498. The molecule has 1 aliphatic heterocycles. The monoisotopic (exact) mass is 334 g/mol. The van der Waals surface area contributed by atoms with E-state index >= 15 is 0 Å². The van der Waals surface area contributed by atoms with Crippen molar-refractivity contribution >= 4 is 17.8 Å². The first-order valence-corrected chi connectivity index (χ1v) is 8.50. The lowest BCUT2D eigenvalue weighted by molar-refractivity contribution is -0.136. The Morgan fingerprint density at radius 2 is 2.12 bits per heavy atom. The van der Waals surface area contributed by atoms with Crippen molar-refractivity contribution in [3.8, 4) is 0 Å². The minimum atomic E-state index is -0.903. The summed E-state index contributed by atoms with van der Waals surface area (Å²) in [6.07, 6.45) is 3.80. The van der Waals surface area contributed by atoms with E-state index in [1.165, 1.54) is 0 Å². The second-order valence-corrected chi connectivity index (χ2v) is 6.03. The fourth-order valence-corrected chi connectivity index (χ4v) is 2.94. The number of urea groups is 1. The van der Waals surface area contributed by atoms with Crippen LogP contribution < -0.4 is 10.2 Å². The topological polar surface area (TPSA) is 85.8 Å². The van der Waals surface area contributed by atoms with Gasteiger partial charge in [-0.15, -0.1) is 0 Å². The third-order valence-corrected chi connectivity index (χ3v) is 4.35. The molecule has 1 aliphatic rings. The van der Waals surface area contributed by atoms with Crippen molar-refractivity contribution in [1.82, 2.24) is 15.2 Å². The predicted molar refractivity (Wildman–Crippen MR) is 92.1 cm³/mol. The lowest BCUT2D eigenvalue weighted by Crippen LogP contribution is -2.45. The van der Waals surface area contributed by atoms with Gasteiger partial charge in [-0.1, -0.05) is 6.07 Å². The van der Waals surface area contributed by atoms with Gasteiger partial charge in [-0.3, -0.25) is 4.79 Å². The molecule has 1 aromatic heterocycles. The van der Waals surface area contributed by atoms with Crippen LogP contribution in [0.3, 0.4) is 0 Å². The highest BCUT2D eigenvalue weighted by Gasteiger charge is 2.23. The Hall–Kier alpha value is -2.31. The average Bonchev–Trinajstić information content (AvgIpc) is 2.60. The fourth-order valence-electron chi connectivity index (χ4n) is 2.94. The first-order chi connectivity index (χ1) is 11.6. The van der Waals surface area contributed by atoms with Gasteiger partial charge in [0.15, 0.2) is 0 Å². The Morgan fingerprint density at radius 1 is 1.38 bits per heavy atom. The molecule has 1 saturated heterocycles. The number of carbonyl (C=O) groups excluding carboxylic acids is 1. The summed E-state index contributed by atoms with van der Waals surface area (Å²) in [4.78, 5) is 31.1. The summed E-state index contributed by atoms with van der Waals surface area (Å²) in [5.41, 5.74) is 0. The van der Waals surface area contributed by atoms with Crippen LogP contribution in [-0.4, -0.2) is 59.7 Å². The second kappa shape index (κ2) is 9.10. The molecule has 1 aromatic rings. The van der Waals surface area contributed by atoms with Gasteiger partial charge in [-0.25, -0.2) is 9.78 Å². The van der Waals surface area contributed by atoms with E-state index in [1.807, 2.05) is 31.3 Å². The number of hydrogen-bond acceptors (Lipinski definition) is 4. The maximum Gasteiger partial charge on any atom is 0.317 e. The van der Waals surface area contributed by atoms with E-state index in [1.54, 1.807) is 4.90 Å². The molecule has 7 nitrogen and oxygen atoms in total. The van der Waals surface area contributed by atoms with Crippen molar-refractivity contribution in [2.45, 2.75) is 26.2 Å². The summed E-state index contributed by atoms with van der Waals surface area (Å²) in [6, 6.07) is 5.76. The molecule has 0 atom stereocenters. The van der Waals surface area contributed by atoms with Crippen LogP contribution >= 0.6 is 0 Å². The predicted octanol–water partition coefficient (Wildman–Crippen LogP) is 1.80. The molecule has 24 heavy (non-hydrogen) atoms. The molecule has 2 N–H and O–H groups in total. The van der Waals surface area contributed by atoms with Crippen LogP contribution in [0.15, 0.2) is 24.4 Å². The lowest BCUT2D eigenvalue weighted by atomic mass is 9.96. The van der Waals surface area contributed by atoms with Crippen LogP contribution in [0, 0.1) is 5.92 Å². The third-order valence-electron chi connectivity index (χ3n) is 4.35. The van der Waals surface area contributed by atoms with Crippen molar-refractivity contribution in [2.75, 3.05) is 37.6 Å². The highest BCUT2D eigenvalue weighted by atomic mass is 16.4. The van der Waals surface area contributed by atoms with Gasteiger partial charge in [0.1, 0.15) is 5.82 Å².